The number of unbranched alkanes of at least 4 members (excludes halogenated alkanes) is 1. The van der Waals surface area contributed by atoms with Crippen molar-refractivity contribution in [3.8, 4) is 0 Å². The molecule has 96 valence electrons. The van der Waals surface area contributed by atoms with E-state index in [1.807, 2.05) is 13.8 Å². The van der Waals surface area contributed by atoms with E-state index in [4.69, 9.17) is 5.11 Å². The van der Waals surface area contributed by atoms with Crippen LogP contribution in [0.5, 0.6) is 0 Å². The molecule has 0 radical (unpaired) electrons. The number of carbonyl (C=O) groups is 1. The smallest absolute Gasteiger partial charge is 0.322 e. The number of hydrogen-bond donors (Lipinski definition) is 2. The summed E-state index contributed by atoms with van der Waals surface area (Å²) in [6.07, 6.45) is 2.27. The maximum absolute atomic E-state index is 11.1. The van der Waals surface area contributed by atoms with Gasteiger partial charge in [0.2, 0.25) is 0 Å². The highest BCUT2D eigenvalue weighted by atomic mass is 16.4. The lowest BCUT2D eigenvalue weighted by Gasteiger charge is -2.25. The van der Waals surface area contributed by atoms with E-state index < -0.39 is 12.0 Å². The Labute approximate surface area is 99.0 Å². The van der Waals surface area contributed by atoms with Crippen molar-refractivity contribution in [2.75, 3.05) is 19.6 Å². The average molecular weight is 230 g/mol. The number of nitrogens with one attached hydrogen (secondary N) is 1. The minimum Gasteiger partial charge on any atom is -0.480 e. The van der Waals surface area contributed by atoms with Crippen LogP contribution < -0.4 is 5.32 Å². The Morgan fingerprint density at radius 1 is 1.38 bits per heavy atom. The summed E-state index contributed by atoms with van der Waals surface area (Å²) in [5, 5.41) is 12.2. The SMILES string of the molecule is CCCCN(CC)CC(NC(C)C)C(=O)O. The van der Waals surface area contributed by atoms with E-state index in [1.54, 1.807) is 0 Å². The molecule has 0 saturated carbocycles. The molecule has 0 aliphatic carbocycles. The van der Waals surface area contributed by atoms with Crippen molar-refractivity contribution in [1.82, 2.24) is 10.2 Å². The summed E-state index contributed by atoms with van der Waals surface area (Å²) in [6.45, 7) is 10.6. The van der Waals surface area contributed by atoms with Crippen LogP contribution in [0, 0.1) is 0 Å². The van der Waals surface area contributed by atoms with Crippen LogP contribution >= 0.6 is 0 Å². The fraction of sp³-hybridized carbons (Fsp3) is 0.917. The van der Waals surface area contributed by atoms with Gasteiger partial charge in [0, 0.05) is 12.6 Å². The number of rotatable bonds is 9. The molecule has 0 aromatic carbocycles. The quantitative estimate of drug-likeness (QED) is 0.631. The van der Waals surface area contributed by atoms with Crippen LogP contribution in [0.15, 0.2) is 0 Å². The van der Waals surface area contributed by atoms with Crippen LogP contribution in [0.4, 0.5) is 0 Å². The van der Waals surface area contributed by atoms with Gasteiger partial charge in [0.15, 0.2) is 0 Å². The first-order chi connectivity index (χ1) is 7.51. The number of hydrogen-bond acceptors (Lipinski definition) is 3. The van der Waals surface area contributed by atoms with Crippen LogP contribution in [-0.4, -0.2) is 47.7 Å². The second-order valence-electron chi connectivity index (χ2n) is 4.46. The van der Waals surface area contributed by atoms with Crippen molar-refractivity contribution in [3.05, 3.63) is 0 Å². The zero-order valence-corrected chi connectivity index (χ0v) is 11.0. The van der Waals surface area contributed by atoms with Gasteiger partial charge in [0.05, 0.1) is 0 Å². The third kappa shape index (κ3) is 6.80. The monoisotopic (exact) mass is 230 g/mol. The molecule has 4 heteroatoms. The first-order valence-electron chi connectivity index (χ1n) is 6.22. The van der Waals surface area contributed by atoms with Gasteiger partial charge in [-0.1, -0.05) is 34.1 Å². The predicted molar refractivity (Wildman–Crippen MR) is 66.7 cm³/mol. The number of carboxylic acids is 1. The molecule has 4 nitrogen and oxygen atoms in total. The van der Waals surface area contributed by atoms with E-state index in [0.717, 1.165) is 25.9 Å². The molecule has 0 rings (SSSR count). The van der Waals surface area contributed by atoms with E-state index in [0.29, 0.717) is 6.54 Å². The van der Waals surface area contributed by atoms with Gasteiger partial charge in [-0.25, -0.2) is 0 Å². The number of carboxylic acid groups (broad SMARTS) is 1. The Hall–Kier alpha value is -0.610. The summed E-state index contributed by atoms with van der Waals surface area (Å²) in [7, 11) is 0. The predicted octanol–water partition coefficient (Wildman–Crippen LogP) is 1.56. The largest absolute Gasteiger partial charge is 0.480 e. The normalized spacial score (nSPS) is 13.4. The zero-order valence-electron chi connectivity index (χ0n) is 11.0. The third-order valence-corrected chi connectivity index (χ3v) is 2.55. The molecule has 16 heavy (non-hydrogen) atoms. The van der Waals surface area contributed by atoms with Crippen molar-refractivity contribution in [1.29, 1.82) is 0 Å². The fourth-order valence-corrected chi connectivity index (χ4v) is 1.62. The average Bonchev–Trinajstić information content (AvgIpc) is 2.21. The summed E-state index contributed by atoms with van der Waals surface area (Å²) in [5.74, 6) is -0.761. The van der Waals surface area contributed by atoms with E-state index in [2.05, 4.69) is 24.1 Å². The molecule has 0 fully saturated rings. The van der Waals surface area contributed by atoms with Crippen molar-refractivity contribution >= 4 is 5.97 Å². The van der Waals surface area contributed by atoms with Crippen LogP contribution in [0.1, 0.15) is 40.5 Å². The second-order valence-corrected chi connectivity index (χ2v) is 4.46. The molecule has 0 aromatic rings. The van der Waals surface area contributed by atoms with Crippen molar-refractivity contribution in [2.45, 2.75) is 52.6 Å². The van der Waals surface area contributed by atoms with E-state index in [1.165, 1.54) is 0 Å². The molecule has 0 aliphatic heterocycles. The first kappa shape index (κ1) is 15.4. The number of likely N-dealkylation sites (N-methyl/N-ethyl adjacent to an activating group) is 1. The maximum atomic E-state index is 11.1. The molecular weight excluding hydrogens is 204 g/mol. The van der Waals surface area contributed by atoms with Crippen molar-refractivity contribution in [3.63, 3.8) is 0 Å². The van der Waals surface area contributed by atoms with Gasteiger partial charge in [0.25, 0.3) is 0 Å². The number of aliphatic carboxylic acids is 1. The molecule has 0 heterocycles. The van der Waals surface area contributed by atoms with Gasteiger partial charge in [-0.15, -0.1) is 0 Å². The molecule has 0 bridgehead atoms. The zero-order chi connectivity index (χ0) is 12.6. The topological polar surface area (TPSA) is 52.6 Å². The Bertz CT molecular complexity index is 195. The Morgan fingerprint density at radius 2 is 2.00 bits per heavy atom. The standard InChI is InChI=1S/C12H26N2O2/c1-5-7-8-14(6-2)9-11(12(15)16)13-10(3)4/h10-11,13H,5-9H2,1-4H3,(H,15,16). The molecule has 2 N–H and O–H groups in total. The van der Waals surface area contributed by atoms with Gasteiger partial charge < -0.3 is 15.3 Å². The molecule has 0 aromatic heterocycles. The molecule has 0 aliphatic rings. The van der Waals surface area contributed by atoms with Crippen LogP contribution in [0.25, 0.3) is 0 Å². The first-order valence-corrected chi connectivity index (χ1v) is 6.22. The van der Waals surface area contributed by atoms with Crippen LogP contribution in [0.3, 0.4) is 0 Å². The molecule has 0 amide bonds. The molecular formula is C12H26N2O2. The third-order valence-electron chi connectivity index (χ3n) is 2.55. The lowest BCUT2D eigenvalue weighted by Crippen LogP contribution is -2.48. The van der Waals surface area contributed by atoms with Gasteiger partial charge in [-0.05, 0) is 19.5 Å². The Morgan fingerprint density at radius 3 is 2.38 bits per heavy atom. The lowest BCUT2D eigenvalue weighted by atomic mass is 10.2. The van der Waals surface area contributed by atoms with Gasteiger partial charge >= 0.3 is 5.97 Å². The highest BCUT2D eigenvalue weighted by Crippen LogP contribution is 1.98. The van der Waals surface area contributed by atoms with E-state index in [9.17, 15) is 4.79 Å². The Kier molecular flexibility index (Phi) is 8.21. The van der Waals surface area contributed by atoms with Gasteiger partial charge in [-0.3, -0.25) is 4.79 Å². The van der Waals surface area contributed by atoms with Gasteiger partial charge in [-0.2, -0.15) is 0 Å². The van der Waals surface area contributed by atoms with Gasteiger partial charge in [0.1, 0.15) is 6.04 Å². The summed E-state index contributed by atoms with van der Waals surface area (Å²) in [6, 6.07) is -0.261. The fourth-order valence-electron chi connectivity index (χ4n) is 1.62. The van der Waals surface area contributed by atoms with Crippen molar-refractivity contribution < 1.29 is 9.90 Å². The van der Waals surface area contributed by atoms with Crippen molar-refractivity contribution in [2.24, 2.45) is 0 Å². The minimum atomic E-state index is -0.761. The summed E-state index contributed by atoms with van der Waals surface area (Å²) >= 11 is 0. The summed E-state index contributed by atoms with van der Waals surface area (Å²) in [4.78, 5) is 13.3. The van der Waals surface area contributed by atoms with Crippen LogP contribution in [-0.2, 0) is 4.79 Å². The number of nitrogens with zero attached hydrogens (tertiary/aromatic N) is 1. The molecule has 0 spiro atoms. The highest BCUT2D eigenvalue weighted by molar-refractivity contribution is 5.73. The molecule has 0 saturated heterocycles. The summed E-state index contributed by atoms with van der Waals surface area (Å²) in [5.41, 5.74) is 0. The van der Waals surface area contributed by atoms with E-state index >= 15 is 0 Å². The second kappa shape index (κ2) is 8.53. The maximum Gasteiger partial charge on any atom is 0.322 e. The molecule has 1 atom stereocenters. The highest BCUT2D eigenvalue weighted by Gasteiger charge is 2.20. The van der Waals surface area contributed by atoms with Crippen LogP contribution in [0.2, 0.25) is 0 Å². The lowest BCUT2D eigenvalue weighted by molar-refractivity contribution is -0.140. The Balaban J connectivity index is 4.17. The molecule has 1 unspecified atom stereocenters. The summed E-state index contributed by atoms with van der Waals surface area (Å²) < 4.78 is 0. The minimum absolute atomic E-state index is 0.200. The van der Waals surface area contributed by atoms with E-state index in [-0.39, 0.29) is 6.04 Å².